The van der Waals surface area contributed by atoms with E-state index in [1.54, 1.807) is 54.5 Å². The first-order valence-electron chi connectivity index (χ1n) is 28.3. The Labute approximate surface area is 510 Å². The Kier molecular flexibility index (Phi) is 16.0. The summed E-state index contributed by atoms with van der Waals surface area (Å²) in [6.07, 6.45) is 16.7. The second-order valence-electron chi connectivity index (χ2n) is 19.6. The molecule has 0 unspecified atom stereocenters. The molecule has 0 saturated heterocycles. The first-order valence-corrected chi connectivity index (χ1v) is 27.6. The number of nitrogens with one attached hydrogen (secondary N) is 4. The van der Waals surface area contributed by atoms with E-state index in [0.29, 0.717) is 52.7 Å². The van der Waals surface area contributed by atoms with E-state index >= 15 is 0 Å². The van der Waals surface area contributed by atoms with Crippen LogP contribution in [0.25, 0.3) is 23.3 Å². The average molecular weight is 1320 g/mol. The SMILES string of the molecule is [3H]n1ccc(OCc2c(C)cn(C)c2-n2nnn(C)c2=O)n1.[3H]n1ccc(OCc2c(C3CC3)cn(C)c2-n2nnn(C)c2=O)n1.[3H]n1ccc(OCc2c(CC)cn(C)c2-n2nnn(C)c2=O)n1.[3H]n1ccc(OCc2c(I)cn(C)c2-n2nnn(C)c2=O)n1. The van der Waals surface area contributed by atoms with Crippen molar-refractivity contribution < 1.29 is 24.6 Å². The van der Waals surface area contributed by atoms with Crippen molar-refractivity contribution in [3.63, 3.8) is 0 Å². The number of aromatic nitrogens is 28. The topological polar surface area (TPSA) is 382 Å². The monoisotopic (exact) mass is 1320 g/mol. The summed E-state index contributed by atoms with van der Waals surface area (Å²) in [6.45, 7) is 4.84. The molecule has 0 atom stereocenters. The molecule has 4 N–H and O–H groups in total. The minimum absolute atomic E-state index is 0.203. The minimum atomic E-state index is -0.339. The number of ether oxygens (including phenoxy) is 4. The van der Waals surface area contributed by atoms with E-state index in [9.17, 15) is 19.2 Å². The first kappa shape index (κ1) is 54.3. The van der Waals surface area contributed by atoms with Gasteiger partial charge in [0.25, 0.3) is 0 Å². The van der Waals surface area contributed by atoms with Crippen molar-refractivity contribution in [3.8, 4) is 46.8 Å². The number of H-pyrrole nitrogens is 4. The molecule has 36 nitrogen and oxygen atoms in total. The molecule has 87 heavy (non-hydrogen) atoms. The number of hydrogen-bond acceptors (Lipinski definition) is 20. The van der Waals surface area contributed by atoms with Gasteiger partial charge in [-0.1, -0.05) is 6.92 Å². The quantitative estimate of drug-likeness (QED) is 0.0862. The third-order valence-electron chi connectivity index (χ3n) is 13.6. The maximum atomic E-state index is 12.3. The van der Waals surface area contributed by atoms with Crippen molar-refractivity contribution in [2.75, 3.05) is 0 Å². The lowest BCUT2D eigenvalue weighted by Crippen LogP contribution is -2.24. The van der Waals surface area contributed by atoms with Gasteiger partial charge >= 0.3 is 22.8 Å². The number of aryl methyl sites for hydroxylation is 10. The molecule has 37 heteroatoms. The fraction of sp³-hybridized carbons (Fsp3) is 0.360. The van der Waals surface area contributed by atoms with Gasteiger partial charge in [-0.25, -0.2) is 19.2 Å². The smallest absolute Gasteiger partial charge is 0.369 e. The van der Waals surface area contributed by atoms with Gasteiger partial charge in [-0.3, -0.25) is 20.4 Å². The normalized spacial score (nSPS) is 12.5. The summed E-state index contributed by atoms with van der Waals surface area (Å²) in [7, 11) is 13.6. The molecule has 13 rings (SSSR count). The van der Waals surface area contributed by atoms with Crippen LogP contribution in [0.3, 0.4) is 0 Å². The summed E-state index contributed by atoms with van der Waals surface area (Å²) in [5, 5.41) is 49.7. The van der Waals surface area contributed by atoms with Gasteiger partial charge in [0.2, 0.25) is 23.5 Å². The van der Waals surface area contributed by atoms with E-state index in [2.05, 4.69) is 84.7 Å². The molecule has 1 saturated carbocycles. The highest BCUT2D eigenvalue weighted by Gasteiger charge is 2.31. The molecule has 12 aromatic heterocycles. The van der Waals surface area contributed by atoms with Gasteiger partial charge in [0.05, 0.1) is 0 Å². The zero-order valence-corrected chi connectivity index (χ0v) is 50.8. The van der Waals surface area contributed by atoms with Crippen molar-refractivity contribution in [3.05, 3.63) is 158 Å². The van der Waals surface area contributed by atoms with Crippen molar-refractivity contribution in [2.24, 2.45) is 56.4 Å². The molecule has 0 radical (unpaired) electrons. The minimum Gasteiger partial charge on any atom is -0.472 e. The number of rotatable bonds is 18. The molecule has 0 spiro atoms. The fourth-order valence-corrected chi connectivity index (χ4v) is 10.0. The van der Waals surface area contributed by atoms with Crippen LogP contribution in [0.4, 0.5) is 0 Å². The third-order valence-corrected chi connectivity index (χ3v) is 14.5. The molecule has 0 aliphatic heterocycles. The van der Waals surface area contributed by atoms with E-state index in [1.807, 2.05) is 76.0 Å². The standard InChI is InChI=1S/C14H17N7O2.C13H17N7O2.C12H15N7O2.C11H12IN7O2/c1-19-7-10(9-3-4-9)11(8-23-12-5-6-15-16-12)13(19)21-14(22)20(2)17-18-21;1-4-9-7-18(2)12(20-13(21)19(3)16-17-20)10(9)8-22-11-5-6-14-15-11;1-8-6-17(2)11(19-12(20)18(3)15-16-19)9(8)7-21-10-4-5-13-14-10;1-17-5-8(12)7(6-21-9-3-4-13-14-9)10(17)19-11(20)18(2)15-16-19/h5-7,9H,3-4,8H2,1-2H3,(H,15,16);5-7H,4,8H2,1-3H3,(H,14,15);4-6H,7H2,1-3H3,(H,13,14);3-5H,6H2,1-2H3,(H,13,14)/i/hT4. The molecule has 0 bridgehead atoms. The second kappa shape index (κ2) is 25.7. The summed E-state index contributed by atoms with van der Waals surface area (Å²) >= 11 is 2.17. The van der Waals surface area contributed by atoms with Crippen LogP contribution in [0.2, 0.25) is 5.65 Å². The van der Waals surface area contributed by atoms with E-state index in [-0.39, 0.29) is 49.2 Å². The van der Waals surface area contributed by atoms with Crippen molar-refractivity contribution in [2.45, 2.75) is 65.5 Å². The maximum Gasteiger partial charge on any atom is 0.369 e. The van der Waals surface area contributed by atoms with Gasteiger partial charge in [0.1, 0.15) is 49.7 Å². The lowest BCUT2D eigenvalue weighted by molar-refractivity contribution is 0.291. The average Bonchev–Trinajstić information content (AvgIpc) is 1.64. The predicted octanol–water partition coefficient (Wildman–Crippen LogP) is 0.779. The highest BCUT2D eigenvalue weighted by atomic mass is 127. The van der Waals surface area contributed by atoms with Crippen LogP contribution in [0.5, 0.6) is 23.5 Å². The van der Waals surface area contributed by atoms with Crippen LogP contribution in [-0.4, -0.2) is 138 Å². The Bertz CT molecular complexity index is 4620. The number of halogens is 1. The lowest BCUT2D eigenvalue weighted by Gasteiger charge is -2.08. The van der Waals surface area contributed by atoms with Crippen LogP contribution in [0.1, 0.15) is 64.6 Å². The lowest BCUT2D eigenvalue weighted by atomic mass is 10.1. The van der Waals surface area contributed by atoms with Gasteiger partial charge in [0, 0.05) is 156 Å². The van der Waals surface area contributed by atoms with Crippen molar-refractivity contribution >= 4 is 22.6 Å². The highest BCUT2D eigenvalue weighted by Crippen LogP contribution is 2.43. The van der Waals surface area contributed by atoms with Gasteiger partial charge in [-0.2, -0.15) is 18.7 Å². The van der Waals surface area contributed by atoms with E-state index in [1.165, 1.54) is 59.9 Å². The summed E-state index contributed by atoms with van der Waals surface area (Å²) in [6, 6.07) is 6.42. The van der Waals surface area contributed by atoms with E-state index in [4.69, 9.17) is 24.6 Å². The van der Waals surface area contributed by atoms with Gasteiger partial charge in [-0.05, 0) is 113 Å². The van der Waals surface area contributed by atoms with Crippen LogP contribution >= 0.6 is 22.6 Å². The first-order chi connectivity index (χ1) is 43.5. The molecule has 456 valence electrons. The molecule has 1 aliphatic carbocycles. The number of aromatic amines is 4. The van der Waals surface area contributed by atoms with Gasteiger partial charge < -0.3 is 37.2 Å². The summed E-state index contributed by atoms with van der Waals surface area (Å²) in [5.41, 5.74) is 5.21. The van der Waals surface area contributed by atoms with Crippen LogP contribution < -0.4 is 41.7 Å². The molecule has 12 aromatic rings. The Morgan fingerprint density at radius 1 is 0.471 bits per heavy atom. The second-order valence-corrected chi connectivity index (χ2v) is 20.8. The molecule has 0 amide bonds. The van der Waals surface area contributed by atoms with Crippen molar-refractivity contribution in [1.82, 2.24) is 138 Å². The largest absolute Gasteiger partial charge is 0.472 e. The Hall–Kier alpha value is -10.6. The van der Waals surface area contributed by atoms with Crippen LogP contribution in [0, 0.1) is 10.5 Å². The maximum absolute atomic E-state index is 12.3. The summed E-state index contributed by atoms with van der Waals surface area (Å²) in [5.74, 6) is 4.35. The number of tetrazole rings is 4. The van der Waals surface area contributed by atoms with E-state index in [0.717, 1.165) is 91.5 Å². The number of nitrogens with zero attached hydrogens (tertiary/aromatic N) is 24. The molecule has 1 fully saturated rings. The Morgan fingerprint density at radius 3 is 1.17 bits per heavy atom. The zero-order valence-electron chi connectivity index (χ0n) is 52.6. The van der Waals surface area contributed by atoms with Crippen LogP contribution in [-0.2, 0) is 89.2 Å². The third kappa shape index (κ3) is 12.8. The molecule has 0 aromatic carbocycles. The summed E-state index contributed by atoms with van der Waals surface area (Å²) in [4.78, 5) is 48.5. The van der Waals surface area contributed by atoms with Gasteiger partial charge in [0.15, 0.2) is 5.65 Å². The molecular weight excluding hydrogens is 1250 g/mol. The van der Waals surface area contributed by atoms with Crippen LogP contribution in [0.15, 0.2) is 93.0 Å². The molecule has 1 aliphatic rings. The number of hydrogen-bond donors (Lipinski definition) is 4. The predicted molar refractivity (Wildman–Crippen MR) is 313 cm³/mol. The molecular formula is C50H61IN28O8. The Balaban J connectivity index is 0.000000133. The van der Waals surface area contributed by atoms with Crippen molar-refractivity contribution in [1.29, 1.82) is 0 Å². The molecule has 12 heterocycles. The Morgan fingerprint density at radius 2 is 0.805 bits per heavy atom. The zero-order chi connectivity index (χ0) is 65.1. The fourth-order valence-electron chi connectivity index (χ4n) is 9.20. The highest BCUT2D eigenvalue weighted by molar-refractivity contribution is 14.1. The van der Waals surface area contributed by atoms with Gasteiger partial charge in [-0.15, -0.1) is 39.1 Å². The summed E-state index contributed by atoms with van der Waals surface area (Å²) < 4.78 is 69.8. The van der Waals surface area contributed by atoms with E-state index < -0.39 is 0 Å².